The zero-order valence-electron chi connectivity index (χ0n) is 23.2. The van der Waals surface area contributed by atoms with E-state index in [4.69, 9.17) is 18.9 Å². The first-order valence-corrected chi connectivity index (χ1v) is 13.3. The van der Waals surface area contributed by atoms with Gasteiger partial charge in [0.2, 0.25) is 31.3 Å². The molecule has 0 radical (unpaired) electrons. The maximum Gasteiger partial charge on any atom is 0.244 e. The molecule has 1 unspecified atom stereocenters. The predicted molar refractivity (Wildman–Crippen MR) is 150 cm³/mol. The van der Waals surface area contributed by atoms with Crippen LogP contribution in [0.1, 0.15) is 53.4 Å². The van der Waals surface area contributed by atoms with E-state index >= 15 is 0 Å². The number of aromatic amines is 1. The molecule has 220 valence electrons. The minimum absolute atomic E-state index is 0.0632. The minimum Gasteiger partial charge on any atom is -0.494 e. The molecular weight excluding hydrogens is 546 g/mol. The lowest BCUT2D eigenvalue weighted by molar-refractivity contribution is -0.123. The Morgan fingerprint density at radius 2 is 1.55 bits per heavy atom. The molecule has 0 saturated heterocycles. The number of hydrogen-bond acceptors (Lipinski definition) is 9. The molecule has 2 atom stereocenters. The lowest BCUT2D eigenvalue weighted by Crippen LogP contribution is -2.45. The molecule has 2 aliphatic rings. The Balaban J connectivity index is 1.33. The van der Waals surface area contributed by atoms with E-state index in [1.807, 2.05) is 0 Å². The van der Waals surface area contributed by atoms with Crippen molar-refractivity contribution in [3.8, 4) is 34.8 Å². The highest BCUT2D eigenvalue weighted by atomic mass is 16.7. The molecule has 12 nitrogen and oxygen atoms in total. The third-order valence-electron chi connectivity index (χ3n) is 7.04. The number of nitrogens with one attached hydrogen (secondary N) is 3. The van der Waals surface area contributed by atoms with Crippen molar-refractivity contribution in [1.29, 1.82) is 0 Å². The van der Waals surface area contributed by atoms with Crippen molar-refractivity contribution in [2.45, 2.75) is 39.3 Å². The van der Waals surface area contributed by atoms with Crippen LogP contribution in [0.2, 0.25) is 0 Å². The van der Waals surface area contributed by atoms with Crippen molar-refractivity contribution in [2.75, 3.05) is 13.6 Å². The van der Waals surface area contributed by atoms with Gasteiger partial charge in [0.25, 0.3) is 0 Å². The van der Waals surface area contributed by atoms with Gasteiger partial charge >= 0.3 is 0 Å². The van der Waals surface area contributed by atoms with Crippen LogP contribution in [0.15, 0.2) is 42.5 Å². The Hall–Kier alpha value is -5.13. The molecule has 1 aromatic heterocycles. The molecular formula is C30H31N3O9. The third-order valence-corrected chi connectivity index (χ3v) is 7.04. The van der Waals surface area contributed by atoms with Crippen molar-refractivity contribution < 1.29 is 43.5 Å². The fourth-order valence-electron chi connectivity index (χ4n) is 4.76. The zero-order chi connectivity index (χ0) is 30.0. The highest BCUT2D eigenvalue weighted by Crippen LogP contribution is 2.36. The third kappa shape index (κ3) is 5.97. The smallest absolute Gasteiger partial charge is 0.244 e. The van der Waals surface area contributed by atoms with Crippen LogP contribution >= 0.6 is 0 Å². The number of fused-ring (bicyclic) bond motifs is 2. The van der Waals surface area contributed by atoms with Crippen LogP contribution < -0.4 is 29.6 Å². The first kappa shape index (κ1) is 28.4. The molecule has 5 rings (SSSR count). The highest BCUT2D eigenvalue weighted by Gasteiger charge is 2.32. The average molecular weight is 578 g/mol. The van der Waals surface area contributed by atoms with E-state index in [1.54, 1.807) is 56.3 Å². The fourth-order valence-corrected chi connectivity index (χ4v) is 4.76. The summed E-state index contributed by atoms with van der Waals surface area (Å²) >= 11 is 0. The summed E-state index contributed by atoms with van der Waals surface area (Å²) in [6, 6.07) is 8.61. The Labute approximate surface area is 241 Å². The number of carbonyl (C=O) groups excluding carboxylic acids is 3. The summed E-state index contributed by atoms with van der Waals surface area (Å²) in [5.41, 5.74) is 1.40. The summed E-state index contributed by atoms with van der Waals surface area (Å²) < 4.78 is 21.6. The summed E-state index contributed by atoms with van der Waals surface area (Å²) in [7, 11) is 0. The Kier molecular flexibility index (Phi) is 7.96. The standard InChI is InChI=1S/C30H31N3O9/c1-15(2)27(28(36)26-16(3)29(37)33-30(26)38)32-25(35)12-19(18-6-8-21-23(11-18)42-14-40-21)31-24(34)9-5-17-4-7-20-22(10-17)41-13-39-20/h4-11,15,19,27,33,37-38H,12-14H2,1-3H3,(H,31,34)(H,32,35)/t19?,27-/m0/s1. The maximum absolute atomic E-state index is 13.3. The van der Waals surface area contributed by atoms with E-state index in [9.17, 15) is 24.6 Å². The summed E-state index contributed by atoms with van der Waals surface area (Å²) in [6.45, 7) is 5.19. The lowest BCUT2D eigenvalue weighted by atomic mass is 9.93. The van der Waals surface area contributed by atoms with Gasteiger partial charge in [-0.2, -0.15) is 0 Å². The zero-order valence-corrected chi connectivity index (χ0v) is 23.2. The average Bonchev–Trinajstić information content (AvgIpc) is 3.68. The van der Waals surface area contributed by atoms with Crippen molar-refractivity contribution in [3.05, 3.63) is 64.7 Å². The van der Waals surface area contributed by atoms with Gasteiger partial charge in [-0.05, 0) is 54.3 Å². The van der Waals surface area contributed by atoms with Gasteiger partial charge < -0.3 is 39.8 Å². The second-order valence-electron chi connectivity index (χ2n) is 10.3. The number of ether oxygens (including phenoxy) is 4. The first-order chi connectivity index (χ1) is 20.1. The molecule has 5 N–H and O–H groups in total. The van der Waals surface area contributed by atoms with Crippen LogP contribution in [0.3, 0.4) is 0 Å². The SMILES string of the molecule is Cc1c(O)[nH]c(O)c1C(=O)[C@@H](NC(=O)CC(NC(=O)C=Cc1ccc2c(c1)OCO2)c1ccc2c(c1)OCO2)C(C)C. The Bertz CT molecular complexity index is 1560. The minimum atomic E-state index is -1.00. The van der Waals surface area contributed by atoms with Gasteiger partial charge in [0.1, 0.15) is 0 Å². The lowest BCUT2D eigenvalue weighted by Gasteiger charge is -2.24. The normalized spacial score (nSPS) is 14.7. The largest absolute Gasteiger partial charge is 0.494 e. The molecule has 3 aromatic rings. The molecule has 0 bridgehead atoms. The number of aromatic nitrogens is 1. The topological polar surface area (TPSA) is 168 Å². The predicted octanol–water partition coefficient (Wildman–Crippen LogP) is 3.48. The van der Waals surface area contributed by atoms with E-state index in [2.05, 4.69) is 15.6 Å². The second kappa shape index (κ2) is 11.8. The molecule has 12 heteroatoms. The summed E-state index contributed by atoms with van der Waals surface area (Å²) in [4.78, 5) is 41.9. The molecule has 0 aliphatic carbocycles. The van der Waals surface area contributed by atoms with E-state index in [0.717, 1.165) is 5.56 Å². The van der Waals surface area contributed by atoms with Crippen LogP contribution in [0, 0.1) is 12.8 Å². The van der Waals surface area contributed by atoms with Gasteiger partial charge in [0.15, 0.2) is 34.7 Å². The number of rotatable bonds is 10. The van der Waals surface area contributed by atoms with Gasteiger partial charge in [0.05, 0.1) is 24.1 Å². The quantitative estimate of drug-likeness (QED) is 0.179. The van der Waals surface area contributed by atoms with Crippen molar-refractivity contribution in [2.24, 2.45) is 5.92 Å². The van der Waals surface area contributed by atoms with Crippen LogP contribution in [0.25, 0.3) is 6.08 Å². The van der Waals surface area contributed by atoms with E-state index < -0.39 is 35.6 Å². The molecule has 2 amide bonds. The van der Waals surface area contributed by atoms with Gasteiger partial charge in [-0.1, -0.05) is 26.0 Å². The molecule has 2 aliphatic heterocycles. The Morgan fingerprint density at radius 1 is 0.905 bits per heavy atom. The monoisotopic (exact) mass is 577 g/mol. The number of ketones is 1. The molecule has 0 fully saturated rings. The van der Waals surface area contributed by atoms with Crippen LogP contribution in [0.4, 0.5) is 0 Å². The first-order valence-electron chi connectivity index (χ1n) is 13.3. The Morgan fingerprint density at radius 3 is 2.19 bits per heavy atom. The summed E-state index contributed by atoms with van der Waals surface area (Å²) in [5, 5.41) is 25.7. The van der Waals surface area contributed by atoms with E-state index in [1.165, 1.54) is 13.0 Å². The van der Waals surface area contributed by atoms with E-state index in [0.29, 0.717) is 28.6 Å². The maximum atomic E-state index is 13.3. The number of hydrogen-bond donors (Lipinski definition) is 5. The van der Waals surface area contributed by atoms with Gasteiger partial charge in [-0.3, -0.25) is 19.4 Å². The molecule has 2 aromatic carbocycles. The van der Waals surface area contributed by atoms with Crippen LogP contribution in [-0.2, 0) is 9.59 Å². The summed E-state index contributed by atoms with van der Waals surface area (Å²) in [5.74, 6) is -0.436. The number of H-pyrrole nitrogens is 1. The van der Waals surface area contributed by atoms with E-state index in [-0.39, 0.29) is 42.9 Å². The van der Waals surface area contributed by atoms with Crippen molar-refractivity contribution in [3.63, 3.8) is 0 Å². The molecule has 0 saturated carbocycles. The number of Topliss-reactive ketones (excluding diaryl/α,β-unsaturated/α-hetero) is 1. The van der Waals surface area contributed by atoms with Gasteiger partial charge in [0, 0.05) is 11.6 Å². The molecule has 3 heterocycles. The molecule has 0 spiro atoms. The molecule has 42 heavy (non-hydrogen) atoms. The van der Waals surface area contributed by atoms with Crippen molar-refractivity contribution in [1.82, 2.24) is 15.6 Å². The van der Waals surface area contributed by atoms with Gasteiger partial charge in [-0.15, -0.1) is 0 Å². The number of carbonyl (C=O) groups is 3. The number of amides is 2. The number of benzene rings is 2. The summed E-state index contributed by atoms with van der Waals surface area (Å²) in [6.07, 6.45) is 2.76. The van der Waals surface area contributed by atoms with Crippen molar-refractivity contribution >= 4 is 23.7 Å². The van der Waals surface area contributed by atoms with Gasteiger partial charge in [-0.25, -0.2) is 0 Å². The van der Waals surface area contributed by atoms with Crippen LogP contribution in [0.5, 0.6) is 34.8 Å². The highest BCUT2D eigenvalue weighted by molar-refractivity contribution is 6.05. The number of aromatic hydroxyl groups is 2. The fraction of sp³-hybridized carbons (Fsp3) is 0.300. The van der Waals surface area contributed by atoms with Crippen LogP contribution in [-0.4, -0.2) is 52.4 Å². The second-order valence-corrected chi connectivity index (χ2v) is 10.3.